The lowest BCUT2D eigenvalue weighted by molar-refractivity contribution is -0.125. The standard InChI is InChI=1S/C11H13NO2/c1-3-6-10-7-4-5-8-11(10)14-12-9(2)13/h3-5,7-8H,1,6H2,2H3,(H,12,13). The molecule has 0 saturated carbocycles. The maximum absolute atomic E-state index is 10.6. The summed E-state index contributed by atoms with van der Waals surface area (Å²) in [5.74, 6) is 0.431. The third-order valence-corrected chi connectivity index (χ3v) is 1.64. The van der Waals surface area contributed by atoms with Crippen molar-refractivity contribution in [3.05, 3.63) is 42.5 Å². The lowest BCUT2D eigenvalue weighted by atomic mass is 10.1. The van der Waals surface area contributed by atoms with Crippen LogP contribution in [0.2, 0.25) is 0 Å². The highest BCUT2D eigenvalue weighted by molar-refractivity contribution is 5.71. The van der Waals surface area contributed by atoms with E-state index in [1.807, 2.05) is 18.2 Å². The summed E-state index contributed by atoms with van der Waals surface area (Å²) >= 11 is 0. The summed E-state index contributed by atoms with van der Waals surface area (Å²) in [7, 11) is 0. The monoisotopic (exact) mass is 191 g/mol. The van der Waals surface area contributed by atoms with Crippen LogP contribution in [-0.4, -0.2) is 5.91 Å². The Morgan fingerprint density at radius 2 is 2.29 bits per heavy atom. The number of carbonyl (C=O) groups excluding carboxylic acids is 1. The Morgan fingerprint density at radius 1 is 1.57 bits per heavy atom. The number of hydroxylamine groups is 1. The van der Waals surface area contributed by atoms with Crippen LogP contribution in [0.3, 0.4) is 0 Å². The number of hydrogen-bond donors (Lipinski definition) is 1. The van der Waals surface area contributed by atoms with Crippen molar-refractivity contribution < 1.29 is 9.63 Å². The highest BCUT2D eigenvalue weighted by Crippen LogP contribution is 2.17. The first-order valence-corrected chi connectivity index (χ1v) is 4.36. The summed E-state index contributed by atoms with van der Waals surface area (Å²) in [6, 6.07) is 7.50. The highest BCUT2D eigenvalue weighted by Gasteiger charge is 2.01. The van der Waals surface area contributed by atoms with Gasteiger partial charge in [-0.3, -0.25) is 4.79 Å². The molecule has 1 N–H and O–H groups in total. The minimum atomic E-state index is -0.224. The molecule has 3 heteroatoms. The first-order valence-electron chi connectivity index (χ1n) is 4.36. The molecule has 0 aromatic heterocycles. The van der Waals surface area contributed by atoms with Crippen molar-refractivity contribution in [2.24, 2.45) is 0 Å². The molecule has 1 rings (SSSR count). The van der Waals surface area contributed by atoms with E-state index in [-0.39, 0.29) is 5.91 Å². The fourth-order valence-electron chi connectivity index (χ4n) is 1.05. The predicted octanol–water partition coefficient (Wildman–Crippen LogP) is 1.84. The van der Waals surface area contributed by atoms with Crippen LogP contribution in [0.25, 0.3) is 0 Å². The second kappa shape index (κ2) is 5.07. The maximum atomic E-state index is 10.6. The van der Waals surface area contributed by atoms with Gasteiger partial charge in [0.1, 0.15) is 0 Å². The van der Waals surface area contributed by atoms with E-state index in [1.165, 1.54) is 6.92 Å². The van der Waals surface area contributed by atoms with Crippen LogP contribution >= 0.6 is 0 Å². The van der Waals surface area contributed by atoms with Gasteiger partial charge in [-0.1, -0.05) is 24.3 Å². The number of hydrogen-bond acceptors (Lipinski definition) is 2. The number of benzene rings is 1. The van der Waals surface area contributed by atoms with Crippen LogP contribution in [0.5, 0.6) is 5.75 Å². The molecule has 0 spiro atoms. The Bertz CT molecular complexity index is 334. The van der Waals surface area contributed by atoms with Crippen molar-refractivity contribution in [1.29, 1.82) is 0 Å². The number of amides is 1. The van der Waals surface area contributed by atoms with Gasteiger partial charge in [-0.25, -0.2) is 0 Å². The van der Waals surface area contributed by atoms with Gasteiger partial charge in [-0.2, -0.15) is 5.48 Å². The van der Waals surface area contributed by atoms with Crippen molar-refractivity contribution in [1.82, 2.24) is 5.48 Å². The van der Waals surface area contributed by atoms with E-state index in [1.54, 1.807) is 12.1 Å². The molecule has 74 valence electrons. The number of nitrogens with one attached hydrogen (secondary N) is 1. The second-order valence-corrected chi connectivity index (χ2v) is 2.86. The summed E-state index contributed by atoms with van der Waals surface area (Å²) in [5, 5.41) is 0. The van der Waals surface area contributed by atoms with Gasteiger partial charge in [-0.05, 0) is 12.5 Å². The van der Waals surface area contributed by atoms with Gasteiger partial charge < -0.3 is 4.84 Å². The predicted molar refractivity (Wildman–Crippen MR) is 54.8 cm³/mol. The third-order valence-electron chi connectivity index (χ3n) is 1.64. The molecule has 0 aliphatic carbocycles. The summed E-state index contributed by atoms with van der Waals surface area (Å²) in [6.45, 7) is 5.05. The van der Waals surface area contributed by atoms with Gasteiger partial charge in [0.05, 0.1) is 0 Å². The fraction of sp³-hybridized carbons (Fsp3) is 0.182. The highest BCUT2D eigenvalue weighted by atomic mass is 16.7. The van der Waals surface area contributed by atoms with E-state index in [2.05, 4.69) is 12.1 Å². The van der Waals surface area contributed by atoms with Crippen LogP contribution in [0.4, 0.5) is 0 Å². The molecule has 3 nitrogen and oxygen atoms in total. The summed E-state index contributed by atoms with van der Waals surface area (Å²) in [6.07, 6.45) is 2.51. The molecule has 1 aromatic rings. The number of allylic oxidation sites excluding steroid dienone is 1. The Labute approximate surface area is 83.3 Å². The van der Waals surface area contributed by atoms with Crippen molar-refractivity contribution >= 4 is 5.91 Å². The van der Waals surface area contributed by atoms with E-state index in [0.717, 1.165) is 12.0 Å². The molecule has 0 aliphatic heterocycles. The molecule has 0 aliphatic rings. The number of para-hydroxylation sites is 1. The average molecular weight is 191 g/mol. The van der Waals surface area contributed by atoms with Crippen LogP contribution in [0.15, 0.2) is 36.9 Å². The zero-order valence-corrected chi connectivity index (χ0v) is 8.12. The average Bonchev–Trinajstić information content (AvgIpc) is 2.17. The van der Waals surface area contributed by atoms with Gasteiger partial charge in [0, 0.05) is 12.5 Å². The minimum Gasteiger partial charge on any atom is -0.379 e. The molecule has 14 heavy (non-hydrogen) atoms. The lowest BCUT2D eigenvalue weighted by Gasteiger charge is -2.08. The second-order valence-electron chi connectivity index (χ2n) is 2.86. The van der Waals surface area contributed by atoms with E-state index in [0.29, 0.717) is 5.75 Å². The molecule has 0 radical (unpaired) electrons. The molecule has 0 fully saturated rings. The molecular formula is C11H13NO2. The molecule has 0 saturated heterocycles. The van der Waals surface area contributed by atoms with E-state index >= 15 is 0 Å². The molecule has 1 aromatic carbocycles. The summed E-state index contributed by atoms with van der Waals surface area (Å²) < 4.78 is 0. The van der Waals surface area contributed by atoms with E-state index in [9.17, 15) is 4.79 Å². The van der Waals surface area contributed by atoms with Gasteiger partial charge in [0.25, 0.3) is 0 Å². The van der Waals surface area contributed by atoms with Crippen molar-refractivity contribution in [3.63, 3.8) is 0 Å². The van der Waals surface area contributed by atoms with Crippen molar-refractivity contribution in [3.8, 4) is 5.75 Å². The Hall–Kier alpha value is -1.77. The molecular weight excluding hydrogens is 178 g/mol. The largest absolute Gasteiger partial charge is 0.379 e. The Morgan fingerprint density at radius 3 is 2.93 bits per heavy atom. The Kier molecular flexibility index (Phi) is 3.73. The molecule has 0 atom stereocenters. The normalized spacial score (nSPS) is 9.21. The summed E-state index contributed by atoms with van der Waals surface area (Å²) in [5.41, 5.74) is 3.28. The maximum Gasteiger partial charge on any atom is 0.249 e. The molecule has 0 bridgehead atoms. The lowest BCUT2D eigenvalue weighted by Crippen LogP contribution is -2.24. The van der Waals surface area contributed by atoms with Crippen LogP contribution in [0.1, 0.15) is 12.5 Å². The zero-order valence-electron chi connectivity index (χ0n) is 8.12. The first-order chi connectivity index (χ1) is 6.74. The van der Waals surface area contributed by atoms with Gasteiger partial charge >= 0.3 is 0 Å². The first kappa shape index (κ1) is 10.3. The zero-order chi connectivity index (χ0) is 10.4. The topological polar surface area (TPSA) is 38.3 Å². The van der Waals surface area contributed by atoms with Crippen LogP contribution in [0, 0.1) is 0 Å². The van der Waals surface area contributed by atoms with Gasteiger partial charge in [0.2, 0.25) is 5.91 Å². The van der Waals surface area contributed by atoms with Gasteiger partial charge in [0.15, 0.2) is 5.75 Å². The molecule has 0 unspecified atom stereocenters. The minimum absolute atomic E-state index is 0.224. The van der Waals surface area contributed by atoms with Crippen LogP contribution < -0.4 is 10.3 Å². The molecule has 0 heterocycles. The Balaban J connectivity index is 2.73. The van der Waals surface area contributed by atoms with E-state index < -0.39 is 0 Å². The summed E-state index contributed by atoms with van der Waals surface area (Å²) in [4.78, 5) is 15.7. The van der Waals surface area contributed by atoms with Crippen molar-refractivity contribution in [2.45, 2.75) is 13.3 Å². The van der Waals surface area contributed by atoms with E-state index in [4.69, 9.17) is 4.84 Å². The van der Waals surface area contributed by atoms with Gasteiger partial charge in [-0.15, -0.1) is 6.58 Å². The quantitative estimate of drug-likeness (QED) is 0.582. The SMILES string of the molecule is C=CCc1ccccc1ONC(C)=O. The fourth-order valence-corrected chi connectivity index (χ4v) is 1.05. The number of rotatable bonds is 4. The number of carbonyl (C=O) groups is 1. The smallest absolute Gasteiger partial charge is 0.249 e. The molecule has 1 amide bonds. The van der Waals surface area contributed by atoms with Crippen LogP contribution in [-0.2, 0) is 11.2 Å². The third kappa shape index (κ3) is 2.94. The van der Waals surface area contributed by atoms with Crippen molar-refractivity contribution in [2.75, 3.05) is 0 Å².